The highest BCUT2D eigenvalue weighted by molar-refractivity contribution is 5.71. The molecule has 6 heteroatoms. The second-order valence-corrected chi connectivity index (χ2v) is 6.46. The fourth-order valence-electron chi connectivity index (χ4n) is 3.02. The van der Waals surface area contributed by atoms with Crippen molar-refractivity contribution in [2.75, 3.05) is 0 Å². The van der Waals surface area contributed by atoms with Crippen LogP contribution in [0.2, 0.25) is 0 Å². The summed E-state index contributed by atoms with van der Waals surface area (Å²) in [5.74, 6) is -1.03. The van der Waals surface area contributed by atoms with Crippen LogP contribution >= 0.6 is 0 Å². The fourth-order valence-corrected chi connectivity index (χ4v) is 3.02. The zero-order valence-electron chi connectivity index (χ0n) is 15.4. The Morgan fingerprint density at radius 2 is 2.00 bits per heavy atom. The van der Waals surface area contributed by atoms with Gasteiger partial charge >= 0.3 is 6.09 Å². The van der Waals surface area contributed by atoms with Crippen molar-refractivity contribution in [2.45, 2.75) is 33.3 Å². The average molecular weight is 370 g/mol. The third kappa shape index (κ3) is 3.89. The van der Waals surface area contributed by atoms with E-state index in [9.17, 15) is 13.6 Å². The van der Waals surface area contributed by atoms with Crippen LogP contribution in [0.3, 0.4) is 0 Å². The molecule has 3 rings (SSSR count). The van der Waals surface area contributed by atoms with Gasteiger partial charge in [0.2, 0.25) is 0 Å². The van der Waals surface area contributed by atoms with Gasteiger partial charge in [0.25, 0.3) is 0 Å². The number of aryl methyl sites for hydroxylation is 1. The van der Waals surface area contributed by atoms with Crippen LogP contribution in [0.25, 0.3) is 0 Å². The lowest BCUT2D eigenvalue weighted by Crippen LogP contribution is -2.18. The van der Waals surface area contributed by atoms with E-state index in [1.807, 2.05) is 39.0 Å². The lowest BCUT2D eigenvalue weighted by molar-refractivity contribution is 0.139. The van der Waals surface area contributed by atoms with Gasteiger partial charge in [-0.1, -0.05) is 25.1 Å². The average Bonchev–Trinajstić information content (AvgIpc) is 3.12. The Morgan fingerprint density at radius 3 is 2.74 bits per heavy atom. The molecule has 0 aliphatic heterocycles. The number of halogens is 2. The molecule has 0 N–H and O–H groups in total. The van der Waals surface area contributed by atoms with Crippen molar-refractivity contribution >= 4 is 6.09 Å². The van der Waals surface area contributed by atoms with E-state index in [0.29, 0.717) is 5.82 Å². The first kappa shape index (κ1) is 18.8. The Kier molecular flexibility index (Phi) is 5.35. The van der Waals surface area contributed by atoms with Gasteiger partial charge in [-0.15, -0.1) is 0 Å². The smallest absolute Gasteiger partial charge is 0.419 e. The molecule has 0 unspecified atom stereocenters. The predicted molar refractivity (Wildman–Crippen MR) is 97.6 cm³/mol. The molecule has 1 aromatic heterocycles. The van der Waals surface area contributed by atoms with E-state index in [2.05, 4.69) is 4.98 Å². The topological polar surface area (TPSA) is 44.1 Å². The van der Waals surface area contributed by atoms with Gasteiger partial charge in [-0.05, 0) is 42.7 Å². The van der Waals surface area contributed by atoms with E-state index in [4.69, 9.17) is 4.74 Å². The maximum Gasteiger partial charge on any atom is 0.419 e. The molecule has 0 spiro atoms. The van der Waals surface area contributed by atoms with E-state index in [1.54, 1.807) is 0 Å². The Labute approximate surface area is 156 Å². The number of rotatable bonds is 4. The molecule has 0 amide bonds. The van der Waals surface area contributed by atoms with Gasteiger partial charge in [-0.2, -0.15) is 0 Å². The lowest BCUT2D eigenvalue weighted by Gasteiger charge is -2.17. The number of carbonyl (C=O) groups is 1. The molecule has 0 saturated carbocycles. The predicted octanol–water partition coefficient (Wildman–Crippen LogP) is 5.11. The molecule has 3 aromatic rings. The fraction of sp³-hybridized carbons (Fsp3) is 0.238. The third-order valence-corrected chi connectivity index (χ3v) is 4.73. The van der Waals surface area contributed by atoms with Crippen LogP contribution in [-0.4, -0.2) is 15.6 Å². The second-order valence-electron chi connectivity index (χ2n) is 6.46. The first-order valence-corrected chi connectivity index (χ1v) is 8.59. The number of nitrogens with zero attached hydrogens (tertiary/aromatic N) is 2. The van der Waals surface area contributed by atoms with Gasteiger partial charge in [0.15, 0.2) is 0 Å². The first-order chi connectivity index (χ1) is 12.9. The summed E-state index contributed by atoms with van der Waals surface area (Å²) in [6, 6.07) is 9.14. The van der Waals surface area contributed by atoms with Crippen molar-refractivity contribution in [2.24, 2.45) is 0 Å². The van der Waals surface area contributed by atoms with Gasteiger partial charge in [0.1, 0.15) is 24.1 Å². The summed E-state index contributed by atoms with van der Waals surface area (Å²) in [6.07, 6.45) is 2.38. The summed E-state index contributed by atoms with van der Waals surface area (Å²) >= 11 is 0. The SMILES string of the molecule is Cc1cccc([C@H](C)c2nccn2C(=O)OCc2ccc(F)cc2F)c1C. The van der Waals surface area contributed by atoms with Gasteiger partial charge < -0.3 is 4.74 Å². The highest BCUT2D eigenvalue weighted by Crippen LogP contribution is 2.27. The summed E-state index contributed by atoms with van der Waals surface area (Å²) in [5, 5.41) is 0. The number of hydrogen-bond acceptors (Lipinski definition) is 3. The van der Waals surface area contributed by atoms with E-state index >= 15 is 0 Å². The van der Waals surface area contributed by atoms with Crippen molar-refractivity contribution < 1.29 is 18.3 Å². The van der Waals surface area contributed by atoms with Gasteiger partial charge in [-0.3, -0.25) is 0 Å². The summed E-state index contributed by atoms with van der Waals surface area (Å²) in [5.41, 5.74) is 3.47. The van der Waals surface area contributed by atoms with E-state index < -0.39 is 17.7 Å². The van der Waals surface area contributed by atoms with Crippen molar-refractivity contribution in [3.8, 4) is 0 Å². The van der Waals surface area contributed by atoms with Crippen LogP contribution in [0.4, 0.5) is 13.6 Å². The zero-order valence-corrected chi connectivity index (χ0v) is 15.4. The normalized spacial score (nSPS) is 12.0. The summed E-state index contributed by atoms with van der Waals surface area (Å²) < 4.78 is 33.2. The second kappa shape index (κ2) is 7.70. The van der Waals surface area contributed by atoms with Gasteiger partial charge in [0, 0.05) is 29.9 Å². The molecule has 140 valence electrons. The highest BCUT2D eigenvalue weighted by atomic mass is 19.1. The molecule has 0 fully saturated rings. The molecule has 0 bridgehead atoms. The van der Waals surface area contributed by atoms with Crippen LogP contribution in [0.5, 0.6) is 0 Å². The lowest BCUT2D eigenvalue weighted by atomic mass is 9.93. The molecular formula is C21H20F2N2O2. The minimum atomic E-state index is -0.752. The zero-order chi connectivity index (χ0) is 19.6. The standard InChI is InChI=1S/C21H20F2N2O2/c1-13-5-4-6-18(14(13)2)15(3)20-24-9-10-25(20)21(26)27-12-16-7-8-17(22)11-19(16)23/h4-11,15H,12H2,1-3H3/t15-/m0/s1. The van der Waals surface area contributed by atoms with Crippen molar-refractivity contribution in [1.29, 1.82) is 0 Å². The van der Waals surface area contributed by atoms with Gasteiger partial charge in [-0.25, -0.2) is 23.1 Å². The Bertz CT molecular complexity index is 982. The van der Waals surface area contributed by atoms with Crippen molar-refractivity contribution in [3.63, 3.8) is 0 Å². The van der Waals surface area contributed by atoms with E-state index in [0.717, 1.165) is 28.8 Å². The molecule has 27 heavy (non-hydrogen) atoms. The van der Waals surface area contributed by atoms with Crippen LogP contribution in [0.1, 0.15) is 40.9 Å². The van der Waals surface area contributed by atoms with Crippen molar-refractivity contribution in [1.82, 2.24) is 9.55 Å². The minimum Gasteiger partial charge on any atom is -0.444 e. The number of aromatic nitrogens is 2. The molecule has 1 heterocycles. The number of carbonyl (C=O) groups excluding carboxylic acids is 1. The van der Waals surface area contributed by atoms with E-state index in [1.165, 1.54) is 23.0 Å². The molecule has 0 aliphatic carbocycles. The monoisotopic (exact) mass is 370 g/mol. The maximum atomic E-state index is 13.7. The molecule has 4 nitrogen and oxygen atoms in total. The molecular weight excluding hydrogens is 350 g/mol. The molecule has 2 aromatic carbocycles. The largest absolute Gasteiger partial charge is 0.444 e. The summed E-state index contributed by atoms with van der Waals surface area (Å²) in [7, 11) is 0. The van der Waals surface area contributed by atoms with Crippen LogP contribution in [-0.2, 0) is 11.3 Å². The quantitative estimate of drug-likeness (QED) is 0.641. The van der Waals surface area contributed by atoms with E-state index in [-0.39, 0.29) is 18.1 Å². The number of hydrogen-bond donors (Lipinski definition) is 0. The summed E-state index contributed by atoms with van der Waals surface area (Å²) in [6.45, 7) is 5.74. The maximum absolute atomic E-state index is 13.7. The molecule has 0 saturated heterocycles. The van der Waals surface area contributed by atoms with Crippen molar-refractivity contribution in [3.05, 3.63) is 88.5 Å². The Balaban J connectivity index is 1.79. The molecule has 0 aliphatic rings. The number of imidazole rings is 1. The van der Waals surface area contributed by atoms with Crippen LogP contribution in [0.15, 0.2) is 48.8 Å². The molecule has 0 radical (unpaired) electrons. The number of benzene rings is 2. The Hall–Kier alpha value is -3.02. The summed E-state index contributed by atoms with van der Waals surface area (Å²) in [4.78, 5) is 16.8. The highest BCUT2D eigenvalue weighted by Gasteiger charge is 2.21. The number of ether oxygens (including phenoxy) is 1. The Morgan fingerprint density at radius 1 is 1.22 bits per heavy atom. The first-order valence-electron chi connectivity index (χ1n) is 8.59. The van der Waals surface area contributed by atoms with Gasteiger partial charge in [0.05, 0.1) is 0 Å². The van der Waals surface area contributed by atoms with Crippen LogP contribution < -0.4 is 0 Å². The van der Waals surface area contributed by atoms with Crippen LogP contribution in [0, 0.1) is 25.5 Å². The minimum absolute atomic E-state index is 0.106. The molecule has 1 atom stereocenters. The third-order valence-electron chi connectivity index (χ3n) is 4.73.